The molecular formula is C15H24O4. The molecule has 0 fully saturated rings. The minimum absolute atomic E-state index is 0.250. The Balaban J connectivity index is 4.75. The largest absolute Gasteiger partial charge is 0.457 e. The van der Waals surface area contributed by atoms with Crippen LogP contribution in [0.5, 0.6) is 0 Å². The van der Waals surface area contributed by atoms with Gasteiger partial charge in [-0.25, -0.2) is 4.79 Å². The van der Waals surface area contributed by atoms with Crippen molar-refractivity contribution in [3.8, 4) is 0 Å². The van der Waals surface area contributed by atoms with Crippen LogP contribution in [0.2, 0.25) is 0 Å². The van der Waals surface area contributed by atoms with Gasteiger partial charge in [-0.15, -0.1) is 0 Å². The number of rotatable bonds is 6. The lowest BCUT2D eigenvalue weighted by atomic mass is 10.1. The molecule has 0 aliphatic heterocycles. The first-order chi connectivity index (χ1) is 8.71. The Bertz CT molecular complexity index is 372. The van der Waals surface area contributed by atoms with Crippen LogP contribution in [0, 0.1) is 0 Å². The number of carbonyl (C=O) groups excluding carboxylic acids is 2. The zero-order valence-electron chi connectivity index (χ0n) is 12.6. The van der Waals surface area contributed by atoms with Crippen molar-refractivity contribution >= 4 is 12.3 Å². The highest BCUT2D eigenvalue weighted by atomic mass is 16.6. The first-order valence-corrected chi connectivity index (χ1v) is 6.26. The lowest BCUT2D eigenvalue weighted by Crippen LogP contribution is -2.24. The maximum atomic E-state index is 11.7. The van der Waals surface area contributed by atoms with E-state index in [2.05, 4.69) is 0 Å². The third kappa shape index (κ3) is 7.57. The van der Waals surface area contributed by atoms with Crippen LogP contribution in [-0.2, 0) is 19.1 Å². The van der Waals surface area contributed by atoms with Crippen LogP contribution in [0.1, 0.15) is 41.0 Å². The second kappa shape index (κ2) is 7.89. The van der Waals surface area contributed by atoms with Gasteiger partial charge in [-0.3, -0.25) is 0 Å². The highest BCUT2D eigenvalue weighted by Gasteiger charge is 2.17. The SMILES string of the molecule is CO[C@H](CC=O)/C(C)=C\C=C(/C)C(=O)OC(C)(C)C. The van der Waals surface area contributed by atoms with Gasteiger partial charge in [0.25, 0.3) is 0 Å². The molecule has 4 heteroatoms. The van der Waals surface area contributed by atoms with Gasteiger partial charge in [-0.05, 0) is 40.2 Å². The number of methoxy groups -OCH3 is 1. The molecule has 0 rings (SSSR count). The molecule has 0 heterocycles. The molecule has 0 amide bonds. The molecule has 0 spiro atoms. The quantitative estimate of drug-likeness (QED) is 0.322. The van der Waals surface area contributed by atoms with Gasteiger partial charge in [-0.2, -0.15) is 0 Å². The molecule has 0 aromatic heterocycles. The zero-order chi connectivity index (χ0) is 15.1. The van der Waals surface area contributed by atoms with Crippen molar-refractivity contribution in [1.29, 1.82) is 0 Å². The van der Waals surface area contributed by atoms with Gasteiger partial charge < -0.3 is 14.3 Å². The molecule has 0 radical (unpaired) electrons. The molecule has 0 unspecified atom stereocenters. The summed E-state index contributed by atoms with van der Waals surface area (Å²) >= 11 is 0. The third-order valence-electron chi connectivity index (χ3n) is 2.42. The Morgan fingerprint density at radius 3 is 2.21 bits per heavy atom. The van der Waals surface area contributed by atoms with E-state index in [0.29, 0.717) is 12.0 Å². The summed E-state index contributed by atoms with van der Waals surface area (Å²) in [4.78, 5) is 22.2. The van der Waals surface area contributed by atoms with Crippen molar-refractivity contribution in [2.24, 2.45) is 0 Å². The van der Waals surface area contributed by atoms with Crippen molar-refractivity contribution in [3.63, 3.8) is 0 Å². The normalized spacial score (nSPS) is 15.1. The fraction of sp³-hybridized carbons (Fsp3) is 0.600. The Hall–Kier alpha value is -1.42. The van der Waals surface area contributed by atoms with Crippen LogP contribution in [0.25, 0.3) is 0 Å². The van der Waals surface area contributed by atoms with Crippen LogP contribution >= 0.6 is 0 Å². The minimum atomic E-state index is -0.502. The number of aldehydes is 1. The molecule has 0 aromatic carbocycles. The number of esters is 1. The zero-order valence-corrected chi connectivity index (χ0v) is 12.6. The van der Waals surface area contributed by atoms with Gasteiger partial charge in [0.1, 0.15) is 11.9 Å². The fourth-order valence-electron chi connectivity index (χ4n) is 1.35. The van der Waals surface area contributed by atoms with Crippen LogP contribution < -0.4 is 0 Å². The Labute approximate surface area is 115 Å². The lowest BCUT2D eigenvalue weighted by molar-refractivity contribution is -0.149. The molecule has 108 valence electrons. The summed E-state index contributed by atoms with van der Waals surface area (Å²) in [5.41, 5.74) is 0.894. The molecular weight excluding hydrogens is 244 g/mol. The molecule has 4 nitrogen and oxygen atoms in total. The minimum Gasteiger partial charge on any atom is -0.457 e. The molecule has 0 saturated carbocycles. The van der Waals surface area contributed by atoms with Gasteiger partial charge >= 0.3 is 5.97 Å². The van der Waals surface area contributed by atoms with Crippen molar-refractivity contribution < 1.29 is 19.1 Å². The van der Waals surface area contributed by atoms with Crippen molar-refractivity contribution in [1.82, 2.24) is 0 Å². The predicted octanol–water partition coefficient (Wildman–Crippen LogP) is 2.82. The van der Waals surface area contributed by atoms with Crippen molar-refractivity contribution in [2.75, 3.05) is 7.11 Å². The van der Waals surface area contributed by atoms with Gasteiger partial charge in [0, 0.05) is 19.1 Å². The van der Waals surface area contributed by atoms with Crippen molar-refractivity contribution in [3.05, 3.63) is 23.3 Å². The average Bonchev–Trinajstić information content (AvgIpc) is 2.30. The maximum absolute atomic E-state index is 11.7. The number of carbonyl (C=O) groups is 2. The second-order valence-electron chi connectivity index (χ2n) is 5.39. The summed E-state index contributed by atoms with van der Waals surface area (Å²) in [6.45, 7) is 9.02. The Morgan fingerprint density at radius 1 is 1.21 bits per heavy atom. The Kier molecular flexibility index (Phi) is 7.30. The third-order valence-corrected chi connectivity index (χ3v) is 2.42. The van der Waals surface area contributed by atoms with Crippen LogP contribution in [0.15, 0.2) is 23.3 Å². The summed E-state index contributed by atoms with van der Waals surface area (Å²) in [7, 11) is 1.55. The lowest BCUT2D eigenvalue weighted by Gasteiger charge is -2.19. The van der Waals surface area contributed by atoms with Gasteiger partial charge in [0.2, 0.25) is 0 Å². The number of hydrogen-bond donors (Lipinski definition) is 0. The molecule has 1 atom stereocenters. The summed E-state index contributed by atoms with van der Waals surface area (Å²) in [5.74, 6) is -0.346. The highest BCUT2D eigenvalue weighted by molar-refractivity contribution is 5.88. The van der Waals surface area contributed by atoms with Crippen LogP contribution in [0.3, 0.4) is 0 Å². The van der Waals surface area contributed by atoms with Gasteiger partial charge in [-0.1, -0.05) is 12.2 Å². The number of hydrogen-bond acceptors (Lipinski definition) is 4. The monoisotopic (exact) mass is 268 g/mol. The molecule has 0 N–H and O–H groups in total. The molecule has 0 aromatic rings. The standard InChI is InChI=1S/C15H24O4/c1-11(13(18-6)9-10-16)7-8-12(2)14(17)19-15(3,4)5/h7-8,10,13H,9H2,1-6H3/b11-7-,12-8+/t13-/m1/s1. The molecule has 19 heavy (non-hydrogen) atoms. The smallest absolute Gasteiger partial charge is 0.334 e. The van der Waals surface area contributed by atoms with Crippen LogP contribution in [-0.4, -0.2) is 31.1 Å². The molecule has 0 aliphatic carbocycles. The summed E-state index contributed by atoms with van der Waals surface area (Å²) in [6.07, 6.45) is 4.32. The molecule has 0 aliphatic rings. The summed E-state index contributed by atoms with van der Waals surface area (Å²) in [5, 5.41) is 0. The van der Waals surface area contributed by atoms with E-state index in [1.54, 1.807) is 26.2 Å². The van der Waals surface area contributed by atoms with E-state index in [4.69, 9.17) is 9.47 Å². The number of allylic oxidation sites excluding steroid dienone is 2. The predicted molar refractivity (Wildman–Crippen MR) is 74.8 cm³/mol. The number of ether oxygens (including phenoxy) is 2. The van der Waals surface area contributed by atoms with E-state index in [-0.39, 0.29) is 12.1 Å². The highest BCUT2D eigenvalue weighted by Crippen LogP contribution is 2.12. The van der Waals surface area contributed by atoms with E-state index in [9.17, 15) is 9.59 Å². The second-order valence-corrected chi connectivity index (χ2v) is 5.39. The van der Waals surface area contributed by atoms with E-state index in [1.807, 2.05) is 27.7 Å². The van der Waals surface area contributed by atoms with Gasteiger partial charge in [0.05, 0.1) is 6.10 Å². The average molecular weight is 268 g/mol. The first kappa shape index (κ1) is 17.6. The molecule has 0 bridgehead atoms. The van der Waals surface area contributed by atoms with E-state index in [1.165, 1.54) is 0 Å². The van der Waals surface area contributed by atoms with E-state index in [0.717, 1.165) is 11.9 Å². The van der Waals surface area contributed by atoms with Crippen LogP contribution in [0.4, 0.5) is 0 Å². The summed E-state index contributed by atoms with van der Waals surface area (Å²) < 4.78 is 10.4. The van der Waals surface area contributed by atoms with E-state index >= 15 is 0 Å². The van der Waals surface area contributed by atoms with Gasteiger partial charge in [0.15, 0.2) is 0 Å². The first-order valence-electron chi connectivity index (χ1n) is 6.26. The topological polar surface area (TPSA) is 52.6 Å². The Morgan fingerprint density at radius 2 is 1.79 bits per heavy atom. The summed E-state index contributed by atoms with van der Waals surface area (Å²) in [6, 6.07) is 0. The maximum Gasteiger partial charge on any atom is 0.334 e. The van der Waals surface area contributed by atoms with E-state index < -0.39 is 5.60 Å². The molecule has 0 saturated heterocycles. The van der Waals surface area contributed by atoms with Crippen molar-refractivity contribution in [2.45, 2.75) is 52.7 Å². The fourth-order valence-corrected chi connectivity index (χ4v) is 1.35.